The summed E-state index contributed by atoms with van der Waals surface area (Å²) >= 11 is 1.75. The normalized spacial score (nSPS) is 12.4. The van der Waals surface area contributed by atoms with E-state index in [-0.39, 0.29) is 11.1 Å². The molecule has 0 saturated carbocycles. The Morgan fingerprint density at radius 3 is 2.50 bits per heavy atom. The van der Waals surface area contributed by atoms with Gasteiger partial charge in [0.05, 0.1) is 17.4 Å². The molecule has 26 heavy (non-hydrogen) atoms. The van der Waals surface area contributed by atoms with E-state index in [1.165, 1.54) is 17.7 Å². The van der Waals surface area contributed by atoms with Gasteiger partial charge in [0.1, 0.15) is 5.82 Å². The van der Waals surface area contributed by atoms with Gasteiger partial charge in [-0.25, -0.2) is 9.07 Å². The second kappa shape index (κ2) is 7.32. The van der Waals surface area contributed by atoms with Gasteiger partial charge in [-0.05, 0) is 48.0 Å². The van der Waals surface area contributed by atoms with Crippen molar-refractivity contribution < 1.29 is 4.39 Å². The molecule has 3 nitrogen and oxygen atoms in total. The summed E-state index contributed by atoms with van der Waals surface area (Å²) in [6.07, 6.45) is 1.84. The van der Waals surface area contributed by atoms with Crippen molar-refractivity contribution in [2.24, 2.45) is 5.73 Å². The summed E-state index contributed by atoms with van der Waals surface area (Å²) in [4.78, 5) is 1.15. The number of fused-ring (bicyclic) bond motifs is 1. The van der Waals surface area contributed by atoms with Gasteiger partial charge in [-0.2, -0.15) is 5.10 Å². The second-order valence-corrected chi connectivity index (χ2v) is 7.28. The van der Waals surface area contributed by atoms with Crippen molar-refractivity contribution in [2.45, 2.75) is 10.1 Å². The molecule has 1 unspecified atom stereocenters. The van der Waals surface area contributed by atoms with Crippen LogP contribution in [0.4, 0.5) is 4.39 Å². The molecular formula is C21H18FN3S. The molecule has 5 heteroatoms. The molecule has 1 heterocycles. The van der Waals surface area contributed by atoms with Crippen molar-refractivity contribution in [3.63, 3.8) is 0 Å². The molecular weight excluding hydrogens is 345 g/mol. The first-order chi connectivity index (χ1) is 12.7. The average Bonchev–Trinajstić information content (AvgIpc) is 3.10. The number of benzene rings is 3. The van der Waals surface area contributed by atoms with E-state index in [4.69, 9.17) is 5.73 Å². The van der Waals surface area contributed by atoms with E-state index < -0.39 is 0 Å². The summed E-state index contributed by atoms with van der Waals surface area (Å²) in [6, 6.07) is 22.9. The molecule has 4 rings (SSSR count). The highest BCUT2D eigenvalue weighted by molar-refractivity contribution is 7.99. The molecule has 0 aliphatic heterocycles. The Morgan fingerprint density at radius 2 is 1.77 bits per heavy atom. The fourth-order valence-electron chi connectivity index (χ4n) is 2.96. The molecule has 3 aromatic carbocycles. The number of nitrogens with two attached hydrogens (primary N) is 1. The van der Waals surface area contributed by atoms with E-state index in [2.05, 4.69) is 29.4 Å². The summed E-state index contributed by atoms with van der Waals surface area (Å²) < 4.78 is 15.0. The molecule has 0 aliphatic rings. The van der Waals surface area contributed by atoms with Gasteiger partial charge in [0, 0.05) is 22.1 Å². The summed E-state index contributed by atoms with van der Waals surface area (Å²) in [5.41, 5.74) is 9.04. The third kappa shape index (κ3) is 3.36. The number of nitrogens with zero attached hydrogens (tertiary/aromatic N) is 2. The average molecular weight is 363 g/mol. The van der Waals surface area contributed by atoms with E-state index in [1.807, 2.05) is 35.1 Å². The number of rotatable bonds is 5. The van der Waals surface area contributed by atoms with Crippen LogP contribution in [0, 0.1) is 5.82 Å². The minimum atomic E-state index is -0.252. The van der Waals surface area contributed by atoms with Crippen LogP contribution in [0.25, 0.3) is 16.6 Å². The van der Waals surface area contributed by atoms with Crippen LogP contribution < -0.4 is 5.73 Å². The third-order valence-corrected chi connectivity index (χ3v) is 5.55. The molecule has 0 fully saturated rings. The maximum atomic E-state index is 13.1. The molecule has 0 spiro atoms. The number of thioether (sulfide) groups is 1. The minimum absolute atomic E-state index is 0.209. The van der Waals surface area contributed by atoms with Crippen molar-refractivity contribution in [1.82, 2.24) is 9.78 Å². The second-order valence-electron chi connectivity index (χ2n) is 6.01. The molecule has 130 valence electrons. The van der Waals surface area contributed by atoms with E-state index in [9.17, 15) is 4.39 Å². The van der Waals surface area contributed by atoms with Gasteiger partial charge in [-0.3, -0.25) is 0 Å². The first kappa shape index (κ1) is 16.8. The SMILES string of the molecule is NCC(Sc1ccc2c(cnn2-c2ccc(F)cc2)c1)c1ccccc1. The summed E-state index contributed by atoms with van der Waals surface area (Å²) in [5, 5.41) is 5.71. The fraction of sp³-hybridized carbons (Fsp3) is 0.0952. The monoisotopic (exact) mass is 363 g/mol. The Labute approximate surface area is 155 Å². The van der Waals surface area contributed by atoms with Crippen LogP contribution >= 0.6 is 11.8 Å². The zero-order chi connectivity index (χ0) is 17.9. The highest BCUT2D eigenvalue weighted by atomic mass is 32.2. The lowest BCUT2D eigenvalue weighted by Crippen LogP contribution is -2.09. The van der Waals surface area contributed by atoms with Gasteiger partial charge < -0.3 is 5.73 Å². The number of hydrogen-bond acceptors (Lipinski definition) is 3. The van der Waals surface area contributed by atoms with E-state index in [1.54, 1.807) is 23.9 Å². The lowest BCUT2D eigenvalue weighted by Gasteiger charge is -2.15. The Bertz CT molecular complexity index is 1010. The standard InChI is InChI=1S/C21H18FN3S/c22-17-6-8-18(9-7-17)25-20-11-10-19(12-16(20)14-24-25)26-21(13-23)15-4-2-1-3-5-15/h1-12,14,21H,13,23H2. The van der Waals surface area contributed by atoms with Gasteiger partial charge >= 0.3 is 0 Å². The molecule has 1 aromatic heterocycles. The zero-order valence-electron chi connectivity index (χ0n) is 14.0. The fourth-order valence-corrected chi connectivity index (χ4v) is 4.02. The van der Waals surface area contributed by atoms with Crippen molar-refractivity contribution in [3.05, 3.63) is 90.4 Å². The van der Waals surface area contributed by atoms with Crippen LogP contribution in [0.5, 0.6) is 0 Å². The Balaban J connectivity index is 1.63. The van der Waals surface area contributed by atoms with Crippen LogP contribution in [-0.4, -0.2) is 16.3 Å². The van der Waals surface area contributed by atoms with Crippen molar-refractivity contribution in [1.29, 1.82) is 0 Å². The zero-order valence-corrected chi connectivity index (χ0v) is 14.9. The van der Waals surface area contributed by atoms with Gasteiger partial charge in [0.2, 0.25) is 0 Å². The van der Waals surface area contributed by atoms with Gasteiger partial charge in [0.15, 0.2) is 0 Å². The topological polar surface area (TPSA) is 43.8 Å². The Hall–Kier alpha value is -2.63. The predicted molar refractivity (Wildman–Crippen MR) is 105 cm³/mol. The molecule has 2 N–H and O–H groups in total. The lowest BCUT2D eigenvalue weighted by molar-refractivity contribution is 0.627. The first-order valence-corrected chi connectivity index (χ1v) is 9.28. The Kier molecular flexibility index (Phi) is 4.73. The maximum Gasteiger partial charge on any atom is 0.123 e. The molecule has 0 aliphatic carbocycles. The minimum Gasteiger partial charge on any atom is -0.329 e. The summed E-state index contributed by atoms with van der Waals surface area (Å²) in [5.74, 6) is -0.252. The number of hydrogen-bond donors (Lipinski definition) is 1. The quantitative estimate of drug-likeness (QED) is 0.510. The van der Waals surface area contributed by atoms with E-state index >= 15 is 0 Å². The van der Waals surface area contributed by atoms with Crippen molar-refractivity contribution in [3.8, 4) is 5.69 Å². The summed E-state index contributed by atoms with van der Waals surface area (Å²) in [6.45, 7) is 0.571. The number of aromatic nitrogens is 2. The molecule has 1 atom stereocenters. The predicted octanol–water partition coefficient (Wildman–Crippen LogP) is 4.96. The van der Waals surface area contributed by atoms with Crippen molar-refractivity contribution >= 4 is 22.7 Å². The van der Waals surface area contributed by atoms with Crippen LogP contribution in [-0.2, 0) is 0 Å². The Morgan fingerprint density at radius 1 is 1.00 bits per heavy atom. The first-order valence-electron chi connectivity index (χ1n) is 8.40. The third-order valence-electron chi connectivity index (χ3n) is 4.27. The van der Waals surface area contributed by atoms with Crippen LogP contribution in [0.1, 0.15) is 10.8 Å². The molecule has 0 bridgehead atoms. The van der Waals surface area contributed by atoms with Gasteiger partial charge in [0.25, 0.3) is 0 Å². The summed E-state index contributed by atoms with van der Waals surface area (Å²) in [7, 11) is 0. The van der Waals surface area contributed by atoms with Crippen LogP contribution in [0.15, 0.2) is 83.9 Å². The van der Waals surface area contributed by atoms with Crippen molar-refractivity contribution in [2.75, 3.05) is 6.54 Å². The van der Waals surface area contributed by atoms with E-state index in [0.29, 0.717) is 6.54 Å². The molecule has 0 saturated heterocycles. The highest BCUT2D eigenvalue weighted by Gasteiger charge is 2.12. The maximum absolute atomic E-state index is 13.1. The molecule has 4 aromatic rings. The molecule has 0 amide bonds. The lowest BCUT2D eigenvalue weighted by atomic mass is 10.1. The van der Waals surface area contributed by atoms with Gasteiger partial charge in [-0.15, -0.1) is 11.8 Å². The van der Waals surface area contributed by atoms with Crippen LogP contribution in [0.3, 0.4) is 0 Å². The van der Waals surface area contributed by atoms with E-state index in [0.717, 1.165) is 21.5 Å². The molecule has 0 radical (unpaired) electrons. The van der Waals surface area contributed by atoms with Crippen LogP contribution in [0.2, 0.25) is 0 Å². The van der Waals surface area contributed by atoms with Gasteiger partial charge in [-0.1, -0.05) is 30.3 Å². The highest BCUT2D eigenvalue weighted by Crippen LogP contribution is 2.35. The smallest absolute Gasteiger partial charge is 0.123 e. The number of halogens is 1. The largest absolute Gasteiger partial charge is 0.329 e.